The maximum Gasteiger partial charge on any atom is 0.341 e. The predicted molar refractivity (Wildman–Crippen MR) is 229 cm³/mol. The molecule has 0 radical (unpaired) electrons. The van der Waals surface area contributed by atoms with Gasteiger partial charge in [-0.3, -0.25) is 20.0 Å². The molecule has 0 aromatic carbocycles. The third-order valence-corrected chi connectivity index (χ3v) is 10.8. The first-order valence-corrected chi connectivity index (χ1v) is 20.2. The average Bonchev–Trinajstić information content (AvgIpc) is 3.24. The van der Waals surface area contributed by atoms with Crippen molar-refractivity contribution in [2.45, 2.75) is 71.9 Å². The van der Waals surface area contributed by atoms with Crippen LogP contribution in [0.2, 0.25) is 0 Å². The van der Waals surface area contributed by atoms with E-state index in [-0.39, 0.29) is 28.3 Å². The molecule has 314 valence electrons. The second-order valence-electron chi connectivity index (χ2n) is 14.6. The van der Waals surface area contributed by atoms with Gasteiger partial charge < -0.3 is 50.7 Å². The highest BCUT2D eigenvalue weighted by molar-refractivity contribution is 6.00. The molecule has 7 N–H and O–H groups in total. The molecule has 2 saturated heterocycles. The topological polar surface area (TPSA) is 270 Å². The highest BCUT2D eigenvalue weighted by atomic mass is 16.4. The third-order valence-electron chi connectivity index (χ3n) is 10.8. The van der Waals surface area contributed by atoms with Crippen LogP contribution in [0, 0.1) is 10.8 Å². The van der Waals surface area contributed by atoms with E-state index in [1.807, 2.05) is 33.1 Å². The number of fused-ring (bicyclic) bond motifs is 2. The molecular formula is C39H54N16O4. The van der Waals surface area contributed by atoms with E-state index in [1.165, 1.54) is 12.4 Å². The Hall–Kier alpha value is -6.47. The number of aliphatic imine (C=N–C) groups is 2. The van der Waals surface area contributed by atoms with Crippen LogP contribution in [0.5, 0.6) is 0 Å². The van der Waals surface area contributed by atoms with E-state index in [0.29, 0.717) is 125 Å². The van der Waals surface area contributed by atoms with E-state index in [4.69, 9.17) is 27.3 Å². The Morgan fingerprint density at radius 3 is 2.00 bits per heavy atom. The van der Waals surface area contributed by atoms with Gasteiger partial charge in [-0.05, 0) is 33.1 Å². The normalized spacial score (nSPS) is 15.4. The first-order valence-electron chi connectivity index (χ1n) is 20.2. The van der Waals surface area contributed by atoms with Crippen LogP contribution in [0.15, 0.2) is 50.4 Å². The molecule has 0 saturated carbocycles. The van der Waals surface area contributed by atoms with Gasteiger partial charge in [-0.15, -0.1) is 0 Å². The molecule has 6 heterocycles. The lowest BCUT2D eigenvalue weighted by atomic mass is 10.1. The lowest BCUT2D eigenvalue weighted by molar-refractivity contribution is 0.0694. The van der Waals surface area contributed by atoms with Gasteiger partial charge in [-0.25, -0.2) is 14.8 Å². The molecule has 0 spiro atoms. The summed E-state index contributed by atoms with van der Waals surface area (Å²) in [5.74, 6) is 0.628. The number of rotatable bonds is 15. The van der Waals surface area contributed by atoms with Crippen LogP contribution in [0.3, 0.4) is 0 Å². The lowest BCUT2D eigenvalue weighted by Gasteiger charge is -2.36. The van der Waals surface area contributed by atoms with Crippen LogP contribution in [-0.2, 0) is 13.1 Å². The highest BCUT2D eigenvalue weighted by Gasteiger charge is 2.24. The molecule has 2 fully saturated rings. The van der Waals surface area contributed by atoms with Crippen molar-refractivity contribution in [3.05, 3.63) is 56.9 Å². The van der Waals surface area contributed by atoms with Crippen LogP contribution in [0.25, 0.3) is 22.1 Å². The number of nitrogens with one attached hydrogen (secondary N) is 2. The second kappa shape index (κ2) is 19.3. The van der Waals surface area contributed by atoms with Crippen molar-refractivity contribution in [3.8, 4) is 0 Å². The van der Waals surface area contributed by atoms with Gasteiger partial charge in [-0.2, -0.15) is 15.0 Å². The predicted octanol–water partition coefficient (Wildman–Crippen LogP) is 1.94. The summed E-state index contributed by atoms with van der Waals surface area (Å²) in [4.78, 5) is 71.3. The first kappa shape index (κ1) is 42.1. The van der Waals surface area contributed by atoms with E-state index in [0.717, 1.165) is 32.1 Å². The minimum atomic E-state index is -1.29. The van der Waals surface area contributed by atoms with E-state index in [2.05, 4.69) is 29.8 Å². The summed E-state index contributed by atoms with van der Waals surface area (Å²) in [5, 5.41) is 27.2. The van der Waals surface area contributed by atoms with Crippen molar-refractivity contribution in [2.24, 2.45) is 21.5 Å². The number of nitrogens with two attached hydrogens (primary N) is 2. The van der Waals surface area contributed by atoms with Crippen molar-refractivity contribution in [1.29, 1.82) is 10.8 Å². The number of piperazine rings is 2. The number of aryl methyl sites for hydroxylation is 2. The maximum atomic E-state index is 12.7. The molecule has 2 aliphatic rings. The second-order valence-corrected chi connectivity index (χ2v) is 14.6. The number of unbranched alkanes of at least 4 members (excludes halogenated alkanes) is 4. The van der Waals surface area contributed by atoms with Gasteiger partial charge in [0.15, 0.2) is 11.4 Å². The van der Waals surface area contributed by atoms with E-state index in [1.54, 1.807) is 23.0 Å². The molecule has 0 aliphatic carbocycles. The zero-order valence-corrected chi connectivity index (χ0v) is 33.8. The van der Waals surface area contributed by atoms with Crippen LogP contribution >= 0.6 is 0 Å². The van der Waals surface area contributed by atoms with Crippen LogP contribution in [0.4, 0.5) is 11.9 Å². The molecule has 2 aliphatic heterocycles. The molecular weight excluding hydrogens is 757 g/mol. The average molecular weight is 811 g/mol. The number of hydrogen-bond acceptors (Lipinski definition) is 12. The lowest BCUT2D eigenvalue weighted by Crippen LogP contribution is -2.52. The fraction of sp³-hybridized carbons (Fsp3) is 0.513. The monoisotopic (exact) mass is 810 g/mol. The molecule has 6 rings (SSSR count). The fourth-order valence-electron chi connectivity index (χ4n) is 7.30. The Kier molecular flexibility index (Phi) is 13.8. The van der Waals surface area contributed by atoms with Gasteiger partial charge >= 0.3 is 5.97 Å². The van der Waals surface area contributed by atoms with Crippen molar-refractivity contribution < 1.29 is 9.90 Å². The minimum Gasteiger partial charge on any atom is -0.477 e. The van der Waals surface area contributed by atoms with Crippen LogP contribution in [0.1, 0.15) is 69.2 Å². The van der Waals surface area contributed by atoms with Crippen molar-refractivity contribution in [2.75, 3.05) is 68.7 Å². The van der Waals surface area contributed by atoms with E-state index < -0.39 is 11.4 Å². The molecule has 20 heteroatoms. The van der Waals surface area contributed by atoms with Gasteiger partial charge in [0.25, 0.3) is 0 Å². The largest absolute Gasteiger partial charge is 0.477 e. The number of guanidine groups is 2. The number of nitrogens with zero attached hydrogens (tertiary/aromatic N) is 12. The number of carboxylic acids is 1. The summed E-state index contributed by atoms with van der Waals surface area (Å²) in [6.07, 6.45) is 11.9. The van der Waals surface area contributed by atoms with Gasteiger partial charge in [0.1, 0.15) is 22.7 Å². The van der Waals surface area contributed by atoms with Crippen molar-refractivity contribution >= 4 is 63.4 Å². The number of anilines is 2. The third kappa shape index (κ3) is 10.2. The van der Waals surface area contributed by atoms with Crippen molar-refractivity contribution in [1.82, 2.24) is 38.9 Å². The zero-order valence-electron chi connectivity index (χ0n) is 33.8. The number of pyridine rings is 2. The summed E-state index contributed by atoms with van der Waals surface area (Å²) in [6, 6.07) is 1.54. The highest BCUT2D eigenvalue weighted by Crippen LogP contribution is 2.18. The summed E-state index contributed by atoms with van der Waals surface area (Å²) in [6.45, 7) is 10.4. The number of amidine groups is 1. The Morgan fingerprint density at radius 1 is 0.797 bits per heavy atom. The molecule has 0 bridgehead atoms. The Morgan fingerprint density at radius 2 is 1.37 bits per heavy atom. The maximum absolute atomic E-state index is 12.7. The molecule has 0 amide bonds. The van der Waals surface area contributed by atoms with Crippen molar-refractivity contribution in [3.63, 3.8) is 0 Å². The number of carbonyl (C=O) groups is 1. The SMILES string of the molecule is CCn1ccc(=O)c2cnc(N3CCN(C(=N)CC(=N)CCCCCCCN=C(N)N=C(N)N4CCN(c5ncc6c(=O)c(C(=O)O)cn(CC)c6n5)CC4)CC3)nc21. The zero-order chi connectivity index (χ0) is 42.1. The summed E-state index contributed by atoms with van der Waals surface area (Å²) in [5.41, 5.74) is 12.9. The Bertz CT molecular complexity index is 2360. The number of hydrogen-bond donors (Lipinski definition) is 5. The van der Waals surface area contributed by atoms with E-state index >= 15 is 0 Å². The minimum absolute atomic E-state index is 0.0888. The number of aromatic nitrogens is 6. The smallest absolute Gasteiger partial charge is 0.341 e. The quantitative estimate of drug-likeness (QED) is 0.0653. The first-order chi connectivity index (χ1) is 28.5. The van der Waals surface area contributed by atoms with Crippen LogP contribution < -0.4 is 32.1 Å². The van der Waals surface area contributed by atoms with E-state index in [9.17, 15) is 19.5 Å². The summed E-state index contributed by atoms with van der Waals surface area (Å²) < 4.78 is 3.58. The Balaban J connectivity index is 0.846. The van der Waals surface area contributed by atoms with Gasteiger partial charge in [0, 0.05) is 115 Å². The standard InChI is InChI=1S/C39H54N16O4/c1-3-50-13-11-30(56)27-23-45-38(47-33(27)50)54-18-14-52(15-19-54)31(41)22-26(40)10-8-6-5-7-9-12-44-36(42)49-37(43)53-16-20-55(21-17-53)39-46-24-28-32(57)29(35(58)59)25-51(4-2)34(28)48-39/h11,13,23-25,40-41H,3-10,12,14-22H2,1-2H3,(H,58,59)(H4,42,43,44,49). The molecule has 59 heavy (non-hydrogen) atoms. The molecule has 0 unspecified atom stereocenters. The molecule has 4 aromatic rings. The van der Waals surface area contributed by atoms with Gasteiger partial charge in [0.05, 0.1) is 10.8 Å². The van der Waals surface area contributed by atoms with Gasteiger partial charge in [0.2, 0.25) is 23.3 Å². The van der Waals surface area contributed by atoms with Crippen LogP contribution in [-0.4, -0.2) is 132 Å². The summed E-state index contributed by atoms with van der Waals surface area (Å²) in [7, 11) is 0. The molecule has 20 nitrogen and oxygen atoms in total. The fourth-order valence-corrected chi connectivity index (χ4v) is 7.30. The molecule has 4 aromatic heterocycles. The summed E-state index contributed by atoms with van der Waals surface area (Å²) >= 11 is 0. The molecule has 0 atom stereocenters. The number of carboxylic acid groups (broad SMARTS) is 1. The van der Waals surface area contributed by atoms with Gasteiger partial charge in [-0.1, -0.05) is 19.3 Å². The Labute approximate surface area is 341 Å². The number of aromatic carboxylic acids is 1.